The molecule has 0 radical (unpaired) electrons. The number of hydrogen-bond donors (Lipinski definition) is 0. The molecule has 1 aliphatic heterocycles. The smallest absolute Gasteiger partial charge is 0.0119 e. The molecule has 1 nitrogen and oxygen atoms in total. The maximum absolute atomic E-state index is 2.66. The first kappa shape index (κ1) is 9.05. The third-order valence-electron chi connectivity index (χ3n) is 2.93. The van der Waals surface area contributed by atoms with Gasteiger partial charge in [0.1, 0.15) is 0 Å². The minimum Gasteiger partial charge on any atom is -0.300 e. The molecule has 1 heterocycles. The zero-order chi connectivity index (χ0) is 8.27. The van der Waals surface area contributed by atoms with E-state index in [1.165, 1.54) is 32.4 Å². The Hall–Kier alpha value is -0.0400. The van der Waals surface area contributed by atoms with E-state index in [-0.39, 0.29) is 0 Å². The molecular formula is C10H21N. The zero-order valence-corrected chi connectivity index (χ0v) is 8.14. The Balaban J connectivity index is 2.40. The summed E-state index contributed by atoms with van der Waals surface area (Å²) in [5, 5.41) is 0. The van der Waals surface area contributed by atoms with Crippen molar-refractivity contribution in [2.75, 3.05) is 13.1 Å². The molecule has 0 bridgehead atoms. The Morgan fingerprint density at radius 2 is 2.09 bits per heavy atom. The van der Waals surface area contributed by atoms with Crippen molar-refractivity contribution >= 4 is 0 Å². The SMILES string of the molecule is CCCN1CCC(C)C1CC. The topological polar surface area (TPSA) is 3.24 Å². The highest BCUT2D eigenvalue weighted by atomic mass is 15.2. The summed E-state index contributed by atoms with van der Waals surface area (Å²) in [5.41, 5.74) is 0. The van der Waals surface area contributed by atoms with Gasteiger partial charge in [-0.05, 0) is 38.3 Å². The molecule has 0 aromatic carbocycles. The van der Waals surface area contributed by atoms with Crippen LogP contribution < -0.4 is 0 Å². The quantitative estimate of drug-likeness (QED) is 0.605. The highest BCUT2D eigenvalue weighted by Crippen LogP contribution is 2.25. The standard InChI is InChI=1S/C10H21N/c1-4-7-11-8-6-9(3)10(11)5-2/h9-10H,4-8H2,1-3H3. The molecule has 2 atom stereocenters. The van der Waals surface area contributed by atoms with Crippen LogP contribution in [0.15, 0.2) is 0 Å². The van der Waals surface area contributed by atoms with Crippen LogP contribution in [-0.4, -0.2) is 24.0 Å². The molecule has 1 aliphatic rings. The fourth-order valence-electron chi connectivity index (χ4n) is 2.31. The Bertz CT molecular complexity index is 109. The second kappa shape index (κ2) is 4.10. The first-order valence-corrected chi connectivity index (χ1v) is 5.03. The predicted molar refractivity (Wildman–Crippen MR) is 49.7 cm³/mol. The van der Waals surface area contributed by atoms with E-state index < -0.39 is 0 Å². The molecule has 1 saturated heterocycles. The Labute approximate surface area is 70.8 Å². The molecule has 0 amide bonds. The summed E-state index contributed by atoms with van der Waals surface area (Å²) in [7, 11) is 0. The number of likely N-dealkylation sites (tertiary alicyclic amines) is 1. The van der Waals surface area contributed by atoms with Gasteiger partial charge in [-0.2, -0.15) is 0 Å². The van der Waals surface area contributed by atoms with Crippen LogP contribution >= 0.6 is 0 Å². The van der Waals surface area contributed by atoms with E-state index in [0.717, 1.165) is 12.0 Å². The van der Waals surface area contributed by atoms with Gasteiger partial charge in [0.05, 0.1) is 0 Å². The number of rotatable bonds is 3. The average Bonchev–Trinajstić information content (AvgIpc) is 2.33. The molecule has 2 unspecified atom stereocenters. The monoisotopic (exact) mass is 155 g/mol. The third-order valence-corrected chi connectivity index (χ3v) is 2.93. The van der Waals surface area contributed by atoms with Crippen LogP contribution in [0.1, 0.15) is 40.0 Å². The minimum absolute atomic E-state index is 0.884. The van der Waals surface area contributed by atoms with Crippen LogP contribution in [0.5, 0.6) is 0 Å². The molecule has 0 aromatic rings. The molecule has 1 rings (SSSR count). The van der Waals surface area contributed by atoms with Crippen LogP contribution in [0, 0.1) is 5.92 Å². The van der Waals surface area contributed by atoms with Gasteiger partial charge in [-0.3, -0.25) is 0 Å². The third kappa shape index (κ3) is 1.96. The van der Waals surface area contributed by atoms with Gasteiger partial charge in [0.2, 0.25) is 0 Å². The average molecular weight is 155 g/mol. The molecule has 0 aliphatic carbocycles. The van der Waals surface area contributed by atoms with E-state index >= 15 is 0 Å². The van der Waals surface area contributed by atoms with Gasteiger partial charge < -0.3 is 4.90 Å². The fraction of sp³-hybridized carbons (Fsp3) is 1.00. The second-order valence-electron chi connectivity index (χ2n) is 3.78. The molecule has 0 aromatic heterocycles. The molecule has 11 heavy (non-hydrogen) atoms. The maximum atomic E-state index is 2.66. The fourth-order valence-corrected chi connectivity index (χ4v) is 2.31. The minimum atomic E-state index is 0.884. The molecule has 0 N–H and O–H groups in total. The van der Waals surface area contributed by atoms with Crippen molar-refractivity contribution in [1.29, 1.82) is 0 Å². The van der Waals surface area contributed by atoms with Gasteiger partial charge in [-0.15, -0.1) is 0 Å². The van der Waals surface area contributed by atoms with E-state index in [1.54, 1.807) is 0 Å². The van der Waals surface area contributed by atoms with Crippen molar-refractivity contribution in [2.45, 2.75) is 46.1 Å². The molecule has 1 heteroatoms. The van der Waals surface area contributed by atoms with Gasteiger partial charge >= 0.3 is 0 Å². The molecule has 0 spiro atoms. The summed E-state index contributed by atoms with van der Waals surface area (Å²) in [6.07, 6.45) is 4.06. The lowest BCUT2D eigenvalue weighted by atomic mass is 10.0. The first-order chi connectivity index (χ1) is 5.29. The maximum Gasteiger partial charge on any atom is 0.0119 e. The molecule has 0 saturated carbocycles. The Morgan fingerprint density at radius 1 is 1.36 bits per heavy atom. The largest absolute Gasteiger partial charge is 0.300 e. The molecule has 66 valence electrons. The van der Waals surface area contributed by atoms with Crippen LogP contribution in [0.2, 0.25) is 0 Å². The summed E-state index contributed by atoms with van der Waals surface area (Å²) in [6, 6.07) is 0.884. The van der Waals surface area contributed by atoms with E-state index in [4.69, 9.17) is 0 Å². The van der Waals surface area contributed by atoms with Gasteiger partial charge in [-0.1, -0.05) is 20.8 Å². The van der Waals surface area contributed by atoms with E-state index in [0.29, 0.717) is 0 Å². The van der Waals surface area contributed by atoms with Gasteiger partial charge in [0.25, 0.3) is 0 Å². The lowest BCUT2D eigenvalue weighted by Gasteiger charge is -2.24. The Kier molecular flexibility index (Phi) is 3.38. The van der Waals surface area contributed by atoms with Crippen LogP contribution in [0.25, 0.3) is 0 Å². The van der Waals surface area contributed by atoms with Crippen molar-refractivity contribution in [2.24, 2.45) is 5.92 Å². The van der Waals surface area contributed by atoms with Crippen LogP contribution in [-0.2, 0) is 0 Å². The van der Waals surface area contributed by atoms with Gasteiger partial charge in [0.15, 0.2) is 0 Å². The second-order valence-corrected chi connectivity index (χ2v) is 3.78. The summed E-state index contributed by atoms with van der Waals surface area (Å²) in [5.74, 6) is 0.937. The molecular weight excluding hydrogens is 134 g/mol. The van der Waals surface area contributed by atoms with E-state index in [1.807, 2.05) is 0 Å². The predicted octanol–water partition coefficient (Wildman–Crippen LogP) is 2.52. The van der Waals surface area contributed by atoms with Crippen LogP contribution in [0.3, 0.4) is 0 Å². The highest BCUT2D eigenvalue weighted by Gasteiger charge is 2.28. The van der Waals surface area contributed by atoms with Crippen molar-refractivity contribution in [3.05, 3.63) is 0 Å². The van der Waals surface area contributed by atoms with E-state index in [9.17, 15) is 0 Å². The molecule has 1 fully saturated rings. The normalized spacial score (nSPS) is 33.0. The van der Waals surface area contributed by atoms with E-state index in [2.05, 4.69) is 25.7 Å². The van der Waals surface area contributed by atoms with Crippen LogP contribution in [0.4, 0.5) is 0 Å². The lowest BCUT2D eigenvalue weighted by Crippen LogP contribution is -2.31. The number of hydrogen-bond acceptors (Lipinski definition) is 1. The first-order valence-electron chi connectivity index (χ1n) is 5.03. The summed E-state index contributed by atoms with van der Waals surface area (Å²) in [4.78, 5) is 2.66. The zero-order valence-electron chi connectivity index (χ0n) is 8.14. The van der Waals surface area contributed by atoms with Gasteiger partial charge in [-0.25, -0.2) is 0 Å². The lowest BCUT2D eigenvalue weighted by molar-refractivity contribution is 0.225. The number of nitrogens with zero attached hydrogens (tertiary/aromatic N) is 1. The summed E-state index contributed by atoms with van der Waals surface area (Å²) >= 11 is 0. The summed E-state index contributed by atoms with van der Waals surface area (Å²) < 4.78 is 0. The Morgan fingerprint density at radius 3 is 2.64 bits per heavy atom. The summed E-state index contributed by atoms with van der Waals surface area (Å²) in [6.45, 7) is 9.63. The van der Waals surface area contributed by atoms with Crippen molar-refractivity contribution < 1.29 is 0 Å². The van der Waals surface area contributed by atoms with Crippen molar-refractivity contribution in [3.63, 3.8) is 0 Å². The highest BCUT2D eigenvalue weighted by molar-refractivity contribution is 4.82. The van der Waals surface area contributed by atoms with Crippen molar-refractivity contribution in [3.8, 4) is 0 Å². The van der Waals surface area contributed by atoms with Crippen molar-refractivity contribution in [1.82, 2.24) is 4.90 Å². The van der Waals surface area contributed by atoms with Gasteiger partial charge in [0, 0.05) is 6.04 Å².